The Kier molecular flexibility index (Phi) is 5.22. The van der Waals surface area contributed by atoms with Crippen LogP contribution in [-0.4, -0.2) is 17.3 Å². The van der Waals surface area contributed by atoms with Crippen molar-refractivity contribution in [2.24, 2.45) is 0 Å². The third-order valence-corrected chi connectivity index (χ3v) is 5.71. The molecule has 1 nitrogen and oxygen atoms in total. The Bertz CT molecular complexity index is 1310. The molecule has 0 N–H and O–H groups in total. The van der Waals surface area contributed by atoms with E-state index < -0.39 is 28.9 Å². The first-order valence-corrected chi connectivity index (χ1v) is 9.31. The van der Waals surface area contributed by atoms with Crippen LogP contribution in [0.3, 0.4) is 0 Å². The number of para-hydroxylation sites is 1. The summed E-state index contributed by atoms with van der Waals surface area (Å²) in [6.45, 7) is 0. The van der Waals surface area contributed by atoms with Gasteiger partial charge in [-0.25, -0.2) is 0 Å². The van der Waals surface area contributed by atoms with E-state index in [-0.39, 0.29) is 42.5 Å². The minimum Gasteiger partial charge on any atom is -0.296 e. The summed E-state index contributed by atoms with van der Waals surface area (Å²) in [5.74, 6) is 0. The number of alkyl halides is 6. The van der Waals surface area contributed by atoms with Crippen molar-refractivity contribution in [2.45, 2.75) is 17.8 Å². The SMILES string of the molecule is FC(F)(F)C1(C(F)(F)F)c2ccccc2-c2c(-c3ccc4ccccc4n3)[c-]ccc21.[Ir]. The van der Waals surface area contributed by atoms with Gasteiger partial charge >= 0.3 is 12.4 Å². The molecule has 165 valence electrons. The number of halogens is 6. The molecule has 32 heavy (non-hydrogen) atoms. The van der Waals surface area contributed by atoms with Gasteiger partial charge in [-0.15, -0.1) is 23.8 Å². The van der Waals surface area contributed by atoms with Crippen molar-refractivity contribution in [1.82, 2.24) is 4.98 Å². The summed E-state index contributed by atoms with van der Waals surface area (Å²) in [5.41, 5.74) is -5.12. The van der Waals surface area contributed by atoms with E-state index in [1.165, 1.54) is 18.2 Å². The summed E-state index contributed by atoms with van der Waals surface area (Å²) in [4.78, 5) is 4.47. The van der Waals surface area contributed by atoms with Crippen molar-refractivity contribution < 1.29 is 46.4 Å². The molecule has 1 radical (unpaired) electrons. The fraction of sp³-hybridized carbons (Fsp3) is 0.125. The first kappa shape index (κ1) is 22.5. The molecule has 8 heteroatoms. The first-order chi connectivity index (χ1) is 14.7. The van der Waals surface area contributed by atoms with E-state index in [0.717, 1.165) is 23.6 Å². The van der Waals surface area contributed by atoms with E-state index >= 15 is 0 Å². The molecule has 1 aliphatic rings. The maximum atomic E-state index is 14.3. The van der Waals surface area contributed by atoms with Crippen LogP contribution in [0.5, 0.6) is 0 Å². The normalized spacial score (nSPS) is 14.6. The third kappa shape index (κ3) is 2.93. The van der Waals surface area contributed by atoms with Crippen LogP contribution in [0.15, 0.2) is 72.8 Å². The van der Waals surface area contributed by atoms with Gasteiger partial charge in [0.2, 0.25) is 0 Å². The van der Waals surface area contributed by atoms with Gasteiger partial charge in [-0.05, 0) is 22.7 Å². The summed E-state index contributed by atoms with van der Waals surface area (Å²) in [6.07, 6.45) is -11.2. The Morgan fingerprint density at radius 1 is 0.719 bits per heavy atom. The molecular weight excluding hydrogens is 608 g/mol. The molecule has 0 atom stereocenters. The topological polar surface area (TPSA) is 12.9 Å². The fourth-order valence-electron chi connectivity index (χ4n) is 4.44. The standard InChI is InChI=1S/C24H12F6N.Ir/c25-23(26,27)22(24(28,29)30)17-9-3-2-7-15(17)21-16(8-5-10-18(21)22)20-13-12-14-6-1-4-11-19(14)31-20;/h1-7,9-13H;/q-1;. The van der Waals surface area contributed by atoms with E-state index in [4.69, 9.17) is 0 Å². The Balaban J connectivity index is 0.00000245. The zero-order valence-corrected chi connectivity index (χ0v) is 18.4. The number of fused-ring (bicyclic) bond motifs is 4. The number of aromatic nitrogens is 1. The van der Waals surface area contributed by atoms with Crippen LogP contribution >= 0.6 is 0 Å². The van der Waals surface area contributed by atoms with E-state index in [0.29, 0.717) is 5.52 Å². The molecule has 0 bridgehead atoms. The molecule has 5 rings (SSSR count). The Labute approximate surface area is 192 Å². The third-order valence-electron chi connectivity index (χ3n) is 5.71. The van der Waals surface area contributed by atoms with Gasteiger partial charge in [-0.2, -0.15) is 26.3 Å². The van der Waals surface area contributed by atoms with Crippen molar-refractivity contribution in [1.29, 1.82) is 0 Å². The molecular formula is C24H12F6IrN-. The molecule has 0 unspecified atom stereocenters. The Hall–Kier alpha value is -2.70. The second-order valence-corrected chi connectivity index (χ2v) is 7.32. The number of rotatable bonds is 1. The minimum absolute atomic E-state index is 0. The van der Waals surface area contributed by atoms with Crippen molar-refractivity contribution >= 4 is 10.9 Å². The molecule has 1 aromatic heterocycles. The summed E-state index contributed by atoms with van der Waals surface area (Å²) in [6, 6.07) is 20.0. The summed E-state index contributed by atoms with van der Waals surface area (Å²) >= 11 is 0. The van der Waals surface area contributed by atoms with Crippen molar-refractivity contribution in [3.8, 4) is 22.4 Å². The monoisotopic (exact) mass is 621 g/mol. The summed E-state index contributed by atoms with van der Waals surface area (Å²) in [7, 11) is 0. The Morgan fingerprint density at radius 2 is 1.38 bits per heavy atom. The number of pyridine rings is 1. The number of hydrogen-bond acceptors (Lipinski definition) is 1. The van der Waals surface area contributed by atoms with Gasteiger partial charge in [0.15, 0.2) is 5.41 Å². The molecule has 3 aromatic carbocycles. The van der Waals surface area contributed by atoms with Gasteiger partial charge in [-0.3, -0.25) is 4.98 Å². The van der Waals surface area contributed by atoms with Crippen LogP contribution in [0.1, 0.15) is 11.1 Å². The predicted octanol–water partition coefficient (Wildman–Crippen LogP) is 7.09. The average Bonchev–Trinajstić information content (AvgIpc) is 3.05. The maximum absolute atomic E-state index is 14.3. The zero-order valence-electron chi connectivity index (χ0n) is 16.0. The van der Waals surface area contributed by atoms with Gasteiger partial charge in [0, 0.05) is 20.1 Å². The molecule has 1 aliphatic carbocycles. The Morgan fingerprint density at radius 3 is 2.09 bits per heavy atom. The number of benzene rings is 3. The molecule has 0 saturated carbocycles. The smallest absolute Gasteiger partial charge is 0.296 e. The van der Waals surface area contributed by atoms with E-state index in [1.807, 2.05) is 12.1 Å². The molecule has 4 aromatic rings. The first-order valence-electron chi connectivity index (χ1n) is 9.31. The molecule has 0 saturated heterocycles. The molecule has 0 spiro atoms. The van der Waals surface area contributed by atoms with Crippen LogP contribution in [0.25, 0.3) is 33.3 Å². The molecule has 1 heterocycles. The van der Waals surface area contributed by atoms with Crippen LogP contribution in [0, 0.1) is 6.07 Å². The second-order valence-electron chi connectivity index (χ2n) is 7.32. The van der Waals surface area contributed by atoms with Gasteiger partial charge in [0.05, 0.1) is 5.52 Å². The van der Waals surface area contributed by atoms with Gasteiger partial charge < -0.3 is 0 Å². The fourth-order valence-corrected chi connectivity index (χ4v) is 4.44. The molecule has 0 amide bonds. The van der Waals surface area contributed by atoms with Gasteiger partial charge in [0.1, 0.15) is 0 Å². The number of nitrogens with zero attached hydrogens (tertiary/aromatic N) is 1. The van der Waals surface area contributed by atoms with Gasteiger partial charge in [-0.1, -0.05) is 71.3 Å². The largest absolute Gasteiger partial charge is 0.409 e. The maximum Gasteiger partial charge on any atom is 0.409 e. The molecule has 0 fully saturated rings. The van der Waals surface area contributed by atoms with E-state index in [2.05, 4.69) is 11.1 Å². The summed E-state index contributed by atoms with van der Waals surface area (Å²) < 4.78 is 85.6. The van der Waals surface area contributed by atoms with Crippen LogP contribution in [-0.2, 0) is 25.5 Å². The van der Waals surface area contributed by atoms with Crippen LogP contribution in [0.2, 0.25) is 0 Å². The van der Waals surface area contributed by atoms with Gasteiger partial charge in [0.25, 0.3) is 0 Å². The van der Waals surface area contributed by atoms with E-state index in [9.17, 15) is 26.3 Å². The van der Waals surface area contributed by atoms with E-state index in [1.54, 1.807) is 24.3 Å². The van der Waals surface area contributed by atoms with Crippen LogP contribution in [0.4, 0.5) is 26.3 Å². The quantitative estimate of drug-likeness (QED) is 0.164. The minimum atomic E-state index is -5.60. The second kappa shape index (κ2) is 7.42. The van der Waals surface area contributed by atoms with Crippen molar-refractivity contribution in [2.75, 3.05) is 0 Å². The average molecular weight is 621 g/mol. The van der Waals surface area contributed by atoms with Crippen LogP contribution < -0.4 is 0 Å². The molecule has 0 aliphatic heterocycles. The summed E-state index contributed by atoms with van der Waals surface area (Å²) in [5, 5.41) is 0.805. The van der Waals surface area contributed by atoms with Crippen molar-refractivity contribution in [3.63, 3.8) is 0 Å². The zero-order chi connectivity index (χ0) is 22.0. The predicted molar refractivity (Wildman–Crippen MR) is 104 cm³/mol. The van der Waals surface area contributed by atoms with Crippen molar-refractivity contribution in [3.05, 3.63) is 90.0 Å². The number of hydrogen-bond donors (Lipinski definition) is 0.